The minimum Gasteiger partial charge on any atom is -0.324 e. The highest BCUT2D eigenvalue weighted by Crippen LogP contribution is 2.31. The molecule has 3 rings (SSSR count). The maximum atomic E-state index is 12.8. The van der Waals surface area contributed by atoms with Gasteiger partial charge in [0.1, 0.15) is 0 Å². The number of hydrogen-bond donors (Lipinski definition) is 1. The van der Waals surface area contributed by atoms with Gasteiger partial charge in [-0.05, 0) is 24.6 Å². The number of nitrogens with zero attached hydrogens (tertiary/aromatic N) is 1. The van der Waals surface area contributed by atoms with Crippen LogP contribution in [0.2, 0.25) is 0 Å². The highest BCUT2D eigenvalue weighted by atomic mass is 16.2. The fourth-order valence-electron chi connectivity index (χ4n) is 2.82. The molecule has 0 aromatic heterocycles. The van der Waals surface area contributed by atoms with Gasteiger partial charge in [-0.2, -0.15) is 0 Å². The van der Waals surface area contributed by atoms with Crippen molar-refractivity contribution < 1.29 is 9.59 Å². The van der Waals surface area contributed by atoms with Gasteiger partial charge in [-0.1, -0.05) is 42.5 Å². The second-order valence-corrected chi connectivity index (χ2v) is 5.54. The number of carbonyl (C=O) groups is 2. The number of para-hydroxylation sites is 2. The van der Waals surface area contributed by atoms with Gasteiger partial charge in [-0.3, -0.25) is 9.59 Å². The zero-order chi connectivity index (χ0) is 15.5. The Morgan fingerprint density at radius 1 is 1.14 bits per heavy atom. The molecule has 0 bridgehead atoms. The Labute approximate surface area is 129 Å². The van der Waals surface area contributed by atoms with Crippen LogP contribution in [0.25, 0.3) is 0 Å². The van der Waals surface area contributed by atoms with Crippen molar-refractivity contribution in [1.29, 1.82) is 0 Å². The quantitative estimate of drug-likeness (QED) is 0.925. The maximum Gasteiger partial charge on any atom is 0.231 e. The van der Waals surface area contributed by atoms with E-state index in [1.54, 1.807) is 4.90 Å². The molecule has 2 aromatic carbocycles. The molecule has 1 aliphatic heterocycles. The Kier molecular flexibility index (Phi) is 3.92. The lowest BCUT2D eigenvalue weighted by atomic mass is 10.1. The third-order valence-corrected chi connectivity index (χ3v) is 3.83. The van der Waals surface area contributed by atoms with Gasteiger partial charge in [0.25, 0.3) is 0 Å². The van der Waals surface area contributed by atoms with Gasteiger partial charge >= 0.3 is 0 Å². The summed E-state index contributed by atoms with van der Waals surface area (Å²) in [6.45, 7) is 1.91. The molecule has 2 aromatic rings. The molecule has 1 N–H and O–H groups in total. The van der Waals surface area contributed by atoms with Crippen LogP contribution in [0, 0.1) is 0 Å². The molecule has 2 amide bonds. The lowest BCUT2D eigenvalue weighted by Crippen LogP contribution is -2.40. The molecule has 1 atom stereocenters. The van der Waals surface area contributed by atoms with Crippen LogP contribution < -0.4 is 10.2 Å². The summed E-state index contributed by atoms with van der Waals surface area (Å²) in [6.07, 6.45) is 0.628. The predicted octanol–water partition coefficient (Wildman–Crippen LogP) is 2.99. The Morgan fingerprint density at radius 3 is 2.59 bits per heavy atom. The summed E-state index contributed by atoms with van der Waals surface area (Å²) in [4.78, 5) is 26.5. The summed E-state index contributed by atoms with van der Waals surface area (Å²) in [5, 5.41) is 2.87. The van der Waals surface area contributed by atoms with E-state index in [9.17, 15) is 9.59 Å². The lowest BCUT2D eigenvalue weighted by Gasteiger charge is -2.28. The summed E-state index contributed by atoms with van der Waals surface area (Å²) in [6, 6.07) is 16.9. The molecule has 0 fully saturated rings. The predicted molar refractivity (Wildman–Crippen MR) is 86.8 cm³/mol. The molecule has 4 heteroatoms. The Bertz CT molecular complexity index is 697. The van der Waals surface area contributed by atoms with Crippen molar-refractivity contribution in [2.45, 2.75) is 25.8 Å². The summed E-state index contributed by atoms with van der Waals surface area (Å²) in [5.41, 5.74) is 2.43. The zero-order valence-electron chi connectivity index (χ0n) is 12.5. The first kappa shape index (κ1) is 14.3. The first-order valence-electron chi connectivity index (χ1n) is 7.40. The molecule has 4 nitrogen and oxygen atoms in total. The molecule has 1 heterocycles. The smallest absolute Gasteiger partial charge is 0.231 e. The second-order valence-electron chi connectivity index (χ2n) is 5.54. The number of fused-ring (bicyclic) bond motifs is 1. The zero-order valence-corrected chi connectivity index (χ0v) is 12.5. The summed E-state index contributed by atoms with van der Waals surface area (Å²) in [5.74, 6) is -0.0578. The molecule has 0 saturated carbocycles. The SMILES string of the molecule is C[C@H]1CC(=O)Nc2ccccc2N1C(=O)Cc1ccccc1. The molecular weight excluding hydrogens is 276 g/mol. The van der Waals surface area contributed by atoms with Crippen molar-refractivity contribution in [3.63, 3.8) is 0 Å². The summed E-state index contributed by atoms with van der Waals surface area (Å²) >= 11 is 0. The van der Waals surface area contributed by atoms with Crippen molar-refractivity contribution in [2.75, 3.05) is 10.2 Å². The first-order valence-corrected chi connectivity index (χ1v) is 7.40. The largest absolute Gasteiger partial charge is 0.324 e. The van der Waals surface area contributed by atoms with Crippen molar-refractivity contribution in [1.82, 2.24) is 0 Å². The van der Waals surface area contributed by atoms with Crippen molar-refractivity contribution in [2.24, 2.45) is 0 Å². The van der Waals surface area contributed by atoms with E-state index in [1.165, 1.54) is 0 Å². The van der Waals surface area contributed by atoms with E-state index < -0.39 is 0 Å². The number of benzene rings is 2. The topological polar surface area (TPSA) is 49.4 Å². The van der Waals surface area contributed by atoms with Gasteiger partial charge in [0.15, 0.2) is 0 Å². The van der Waals surface area contributed by atoms with Crippen LogP contribution >= 0.6 is 0 Å². The highest BCUT2D eigenvalue weighted by molar-refractivity contribution is 6.04. The molecule has 0 radical (unpaired) electrons. The number of anilines is 2. The van der Waals surface area contributed by atoms with Crippen molar-refractivity contribution in [3.05, 3.63) is 60.2 Å². The lowest BCUT2D eigenvalue weighted by molar-refractivity contribution is -0.118. The normalized spacial score (nSPS) is 17.4. The molecule has 1 aliphatic rings. The fraction of sp³-hybridized carbons (Fsp3) is 0.222. The molecule has 0 saturated heterocycles. The van der Waals surface area contributed by atoms with E-state index in [0.717, 1.165) is 11.3 Å². The number of carbonyl (C=O) groups excluding carboxylic acids is 2. The molecule has 22 heavy (non-hydrogen) atoms. The average molecular weight is 294 g/mol. The van der Waals surface area contributed by atoms with Gasteiger partial charge < -0.3 is 10.2 Å². The average Bonchev–Trinajstić information content (AvgIpc) is 2.62. The molecule has 112 valence electrons. The molecular formula is C18H18N2O2. The Hall–Kier alpha value is -2.62. The fourth-order valence-corrected chi connectivity index (χ4v) is 2.82. The van der Waals surface area contributed by atoms with Crippen LogP contribution in [0.5, 0.6) is 0 Å². The third-order valence-electron chi connectivity index (χ3n) is 3.83. The van der Waals surface area contributed by atoms with Gasteiger partial charge in [0.2, 0.25) is 11.8 Å². The van der Waals surface area contributed by atoms with E-state index in [-0.39, 0.29) is 17.9 Å². The monoisotopic (exact) mass is 294 g/mol. The van der Waals surface area contributed by atoms with Crippen LogP contribution in [-0.4, -0.2) is 17.9 Å². The first-order chi connectivity index (χ1) is 10.6. The minimum absolute atomic E-state index is 0.00245. The molecule has 0 unspecified atom stereocenters. The summed E-state index contributed by atoms with van der Waals surface area (Å²) < 4.78 is 0. The molecule has 0 spiro atoms. The Morgan fingerprint density at radius 2 is 1.82 bits per heavy atom. The van der Waals surface area contributed by atoms with E-state index in [2.05, 4.69) is 5.32 Å². The second kappa shape index (κ2) is 6.02. The Balaban J connectivity index is 1.94. The number of rotatable bonds is 2. The van der Waals surface area contributed by atoms with Crippen LogP contribution in [0.4, 0.5) is 11.4 Å². The number of amides is 2. The summed E-state index contributed by atoms with van der Waals surface area (Å²) in [7, 11) is 0. The van der Waals surface area contributed by atoms with Gasteiger partial charge in [-0.25, -0.2) is 0 Å². The van der Waals surface area contributed by atoms with E-state index in [1.807, 2.05) is 61.5 Å². The van der Waals surface area contributed by atoms with Crippen molar-refractivity contribution >= 4 is 23.2 Å². The van der Waals surface area contributed by atoms with Crippen LogP contribution in [-0.2, 0) is 16.0 Å². The van der Waals surface area contributed by atoms with Gasteiger partial charge in [-0.15, -0.1) is 0 Å². The highest BCUT2D eigenvalue weighted by Gasteiger charge is 2.29. The third kappa shape index (κ3) is 2.86. The van der Waals surface area contributed by atoms with Gasteiger partial charge in [0, 0.05) is 12.5 Å². The molecule has 0 aliphatic carbocycles. The van der Waals surface area contributed by atoms with Gasteiger partial charge in [0.05, 0.1) is 17.8 Å². The minimum atomic E-state index is -0.167. The van der Waals surface area contributed by atoms with E-state index in [0.29, 0.717) is 18.5 Å². The van der Waals surface area contributed by atoms with Crippen LogP contribution in [0.3, 0.4) is 0 Å². The number of nitrogens with one attached hydrogen (secondary N) is 1. The maximum absolute atomic E-state index is 12.8. The van der Waals surface area contributed by atoms with E-state index in [4.69, 9.17) is 0 Å². The van der Waals surface area contributed by atoms with Crippen LogP contribution in [0.15, 0.2) is 54.6 Å². The van der Waals surface area contributed by atoms with Crippen molar-refractivity contribution in [3.8, 4) is 0 Å². The van der Waals surface area contributed by atoms with Crippen LogP contribution in [0.1, 0.15) is 18.9 Å². The number of hydrogen-bond acceptors (Lipinski definition) is 2. The van der Waals surface area contributed by atoms with E-state index >= 15 is 0 Å². The standard InChI is InChI=1S/C18H18N2O2/c1-13-11-17(21)19-15-9-5-6-10-16(15)20(13)18(22)12-14-7-3-2-4-8-14/h2-10,13H,11-12H2,1H3,(H,19,21)/t13-/m0/s1.